The van der Waals surface area contributed by atoms with Gasteiger partial charge in [0.15, 0.2) is 0 Å². The molecule has 4 heteroatoms. The predicted molar refractivity (Wildman–Crippen MR) is 61.9 cm³/mol. The van der Waals surface area contributed by atoms with Crippen LogP contribution in [-0.2, 0) is 0 Å². The number of benzene rings is 1. The molecule has 1 rings (SSSR count). The standard InChI is InChI=1S/C11H16ClNO2/c1-6-10(14-3)8(7(2)13)5-9(12)11(6)15-4/h5,7H,13H2,1-4H3. The molecule has 0 bridgehead atoms. The van der Waals surface area contributed by atoms with Gasteiger partial charge in [-0.25, -0.2) is 0 Å². The summed E-state index contributed by atoms with van der Waals surface area (Å²) in [4.78, 5) is 0. The maximum absolute atomic E-state index is 6.07. The van der Waals surface area contributed by atoms with Crippen LogP contribution in [0.15, 0.2) is 6.07 Å². The number of nitrogens with two attached hydrogens (primary N) is 1. The van der Waals surface area contributed by atoms with Gasteiger partial charge in [0.2, 0.25) is 0 Å². The molecule has 0 radical (unpaired) electrons. The average Bonchev–Trinajstić information content (AvgIpc) is 2.17. The highest BCUT2D eigenvalue weighted by molar-refractivity contribution is 6.32. The van der Waals surface area contributed by atoms with Crippen molar-refractivity contribution in [2.24, 2.45) is 5.73 Å². The molecule has 0 saturated heterocycles. The quantitative estimate of drug-likeness (QED) is 0.867. The zero-order chi connectivity index (χ0) is 11.6. The summed E-state index contributed by atoms with van der Waals surface area (Å²) >= 11 is 6.07. The Hall–Kier alpha value is -0.930. The molecular weight excluding hydrogens is 214 g/mol. The van der Waals surface area contributed by atoms with E-state index in [1.165, 1.54) is 0 Å². The number of rotatable bonds is 3. The van der Waals surface area contributed by atoms with Crippen molar-refractivity contribution in [1.29, 1.82) is 0 Å². The lowest BCUT2D eigenvalue weighted by atomic mass is 10.0. The van der Waals surface area contributed by atoms with Gasteiger partial charge < -0.3 is 15.2 Å². The summed E-state index contributed by atoms with van der Waals surface area (Å²) in [5.41, 5.74) is 7.60. The minimum Gasteiger partial charge on any atom is -0.496 e. The molecule has 0 spiro atoms. The molecule has 0 aliphatic rings. The smallest absolute Gasteiger partial charge is 0.144 e. The van der Waals surface area contributed by atoms with Crippen LogP contribution in [0.5, 0.6) is 11.5 Å². The van der Waals surface area contributed by atoms with Gasteiger partial charge in [-0.05, 0) is 19.9 Å². The molecule has 0 fully saturated rings. The summed E-state index contributed by atoms with van der Waals surface area (Å²) in [5, 5.41) is 0.558. The first-order valence-corrected chi connectivity index (χ1v) is 5.07. The first-order valence-electron chi connectivity index (χ1n) is 4.69. The summed E-state index contributed by atoms with van der Waals surface area (Å²) in [6.45, 7) is 3.79. The lowest BCUT2D eigenvalue weighted by molar-refractivity contribution is 0.384. The Labute approximate surface area is 95.1 Å². The molecule has 0 aliphatic heterocycles. The number of hydrogen-bond donors (Lipinski definition) is 1. The lowest BCUT2D eigenvalue weighted by Crippen LogP contribution is -2.08. The summed E-state index contributed by atoms with van der Waals surface area (Å²) in [7, 11) is 3.20. The molecule has 0 aromatic heterocycles. The monoisotopic (exact) mass is 229 g/mol. The van der Waals surface area contributed by atoms with Gasteiger partial charge in [0.1, 0.15) is 11.5 Å². The molecular formula is C11H16ClNO2. The second kappa shape index (κ2) is 4.73. The van der Waals surface area contributed by atoms with E-state index < -0.39 is 0 Å². The second-order valence-corrected chi connectivity index (χ2v) is 3.83. The molecule has 0 saturated carbocycles. The minimum absolute atomic E-state index is 0.123. The van der Waals surface area contributed by atoms with Crippen LogP contribution >= 0.6 is 11.6 Å². The van der Waals surface area contributed by atoms with Gasteiger partial charge in [0, 0.05) is 17.2 Å². The third kappa shape index (κ3) is 2.19. The minimum atomic E-state index is -0.123. The largest absolute Gasteiger partial charge is 0.496 e. The number of ether oxygens (including phenoxy) is 2. The van der Waals surface area contributed by atoms with Gasteiger partial charge in [-0.3, -0.25) is 0 Å². The van der Waals surface area contributed by atoms with E-state index in [0.717, 1.165) is 16.9 Å². The second-order valence-electron chi connectivity index (χ2n) is 3.43. The van der Waals surface area contributed by atoms with Crippen LogP contribution in [0.3, 0.4) is 0 Å². The maximum atomic E-state index is 6.07. The molecule has 0 aliphatic carbocycles. The SMILES string of the molecule is COc1c(Cl)cc(C(C)N)c(OC)c1C. The highest BCUT2D eigenvalue weighted by Crippen LogP contribution is 2.39. The topological polar surface area (TPSA) is 44.5 Å². The van der Waals surface area contributed by atoms with Crippen LogP contribution in [0.1, 0.15) is 24.1 Å². The van der Waals surface area contributed by atoms with Crippen molar-refractivity contribution in [2.45, 2.75) is 19.9 Å². The van der Waals surface area contributed by atoms with E-state index in [4.69, 9.17) is 26.8 Å². The van der Waals surface area contributed by atoms with Crippen molar-refractivity contribution >= 4 is 11.6 Å². The summed E-state index contributed by atoms with van der Waals surface area (Å²) in [5.74, 6) is 1.38. The first-order chi connectivity index (χ1) is 7.02. The van der Waals surface area contributed by atoms with Crippen molar-refractivity contribution in [3.8, 4) is 11.5 Å². The fourth-order valence-electron chi connectivity index (χ4n) is 1.63. The molecule has 1 aromatic carbocycles. The van der Waals surface area contributed by atoms with E-state index in [1.54, 1.807) is 20.3 Å². The first kappa shape index (κ1) is 12.1. The normalized spacial score (nSPS) is 12.4. The Morgan fingerprint density at radius 3 is 2.20 bits per heavy atom. The van der Waals surface area contributed by atoms with Crippen LogP contribution in [0.2, 0.25) is 5.02 Å². The fraction of sp³-hybridized carbons (Fsp3) is 0.455. The molecule has 1 unspecified atom stereocenters. The molecule has 15 heavy (non-hydrogen) atoms. The van der Waals surface area contributed by atoms with Gasteiger partial charge in [0.25, 0.3) is 0 Å². The van der Waals surface area contributed by atoms with Crippen LogP contribution in [0.25, 0.3) is 0 Å². The maximum Gasteiger partial charge on any atom is 0.144 e. The zero-order valence-corrected chi connectivity index (χ0v) is 10.2. The molecule has 84 valence electrons. The van der Waals surface area contributed by atoms with Crippen molar-refractivity contribution in [2.75, 3.05) is 14.2 Å². The van der Waals surface area contributed by atoms with E-state index in [9.17, 15) is 0 Å². The zero-order valence-electron chi connectivity index (χ0n) is 9.43. The molecule has 0 heterocycles. The Morgan fingerprint density at radius 2 is 1.80 bits per heavy atom. The lowest BCUT2D eigenvalue weighted by Gasteiger charge is -2.17. The van der Waals surface area contributed by atoms with Crippen molar-refractivity contribution in [3.05, 3.63) is 22.2 Å². The van der Waals surface area contributed by atoms with Crippen LogP contribution in [-0.4, -0.2) is 14.2 Å². The van der Waals surface area contributed by atoms with Crippen LogP contribution < -0.4 is 15.2 Å². The Bertz CT molecular complexity index is 364. The number of hydrogen-bond acceptors (Lipinski definition) is 3. The van der Waals surface area contributed by atoms with E-state index in [1.807, 2.05) is 13.8 Å². The summed E-state index contributed by atoms with van der Waals surface area (Å²) < 4.78 is 10.5. The average molecular weight is 230 g/mol. The van der Waals surface area contributed by atoms with E-state index in [0.29, 0.717) is 10.8 Å². The fourth-order valence-corrected chi connectivity index (χ4v) is 1.96. The van der Waals surface area contributed by atoms with E-state index in [2.05, 4.69) is 0 Å². The molecule has 3 nitrogen and oxygen atoms in total. The molecule has 1 aromatic rings. The molecule has 1 atom stereocenters. The van der Waals surface area contributed by atoms with Gasteiger partial charge in [-0.15, -0.1) is 0 Å². The van der Waals surface area contributed by atoms with Gasteiger partial charge >= 0.3 is 0 Å². The third-order valence-corrected chi connectivity index (χ3v) is 2.62. The number of halogens is 1. The van der Waals surface area contributed by atoms with Gasteiger partial charge in [-0.2, -0.15) is 0 Å². The van der Waals surface area contributed by atoms with E-state index >= 15 is 0 Å². The Morgan fingerprint density at radius 1 is 1.27 bits per heavy atom. The molecule has 0 amide bonds. The predicted octanol–water partition coefficient (Wildman–Crippen LogP) is 2.69. The number of methoxy groups -OCH3 is 2. The van der Waals surface area contributed by atoms with Crippen LogP contribution in [0, 0.1) is 6.92 Å². The summed E-state index contributed by atoms with van der Waals surface area (Å²) in [6.07, 6.45) is 0. The van der Waals surface area contributed by atoms with E-state index in [-0.39, 0.29) is 6.04 Å². The highest BCUT2D eigenvalue weighted by Gasteiger charge is 2.17. The van der Waals surface area contributed by atoms with Crippen molar-refractivity contribution in [3.63, 3.8) is 0 Å². The van der Waals surface area contributed by atoms with Gasteiger partial charge in [0.05, 0.1) is 19.2 Å². The summed E-state index contributed by atoms with van der Waals surface area (Å²) in [6, 6.07) is 1.67. The third-order valence-electron chi connectivity index (χ3n) is 2.34. The Kier molecular flexibility index (Phi) is 3.83. The molecule has 2 N–H and O–H groups in total. The Balaban J connectivity index is 3.44. The van der Waals surface area contributed by atoms with Crippen molar-refractivity contribution < 1.29 is 9.47 Å². The highest BCUT2D eigenvalue weighted by atomic mass is 35.5. The van der Waals surface area contributed by atoms with Gasteiger partial charge in [-0.1, -0.05) is 11.6 Å². The van der Waals surface area contributed by atoms with Crippen molar-refractivity contribution in [1.82, 2.24) is 0 Å². The van der Waals surface area contributed by atoms with Crippen LogP contribution in [0.4, 0.5) is 0 Å².